The average molecular weight is 394 g/mol. The third-order valence-corrected chi connectivity index (χ3v) is 4.72. The first kappa shape index (κ1) is 22.0. The van der Waals surface area contributed by atoms with Gasteiger partial charge in [-0.1, -0.05) is 35.4 Å². The van der Waals surface area contributed by atoms with Crippen molar-refractivity contribution < 1.29 is 19.2 Å². The molecule has 0 aliphatic rings. The van der Waals surface area contributed by atoms with Gasteiger partial charge in [0.1, 0.15) is 11.6 Å². The Kier molecular flexibility index (Phi) is 7.42. The Bertz CT molecular complexity index is 826. The van der Waals surface area contributed by atoms with E-state index in [1.54, 1.807) is 24.3 Å². The van der Waals surface area contributed by atoms with Crippen LogP contribution in [0.5, 0.6) is 0 Å². The zero-order valence-corrected chi connectivity index (χ0v) is 17.1. The van der Waals surface area contributed by atoms with E-state index in [9.17, 15) is 19.2 Å². The van der Waals surface area contributed by atoms with Gasteiger partial charge in [-0.2, -0.15) is 0 Å². The number of Topliss-reactive ketones (excluding diaryl/α,β-unsaturated/α-hetero) is 2. The van der Waals surface area contributed by atoms with Crippen molar-refractivity contribution in [2.45, 2.75) is 34.1 Å². The normalized spacial score (nSPS) is 12.6. The molecule has 0 saturated carbocycles. The number of aryl methyl sites for hydroxylation is 2. The summed E-state index contributed by atoms with van der Waals surface area (Å²) < 4.78 is 0. The van der Waals surface area contributed by atoms with Gasteiger partial charge in [-0.3, -0.25) is 19.2 Å². The first-order valence-electron chi connectivity index (χ1n) is 9.43. The molecule has 29 heavy (non-hydrogen) atoms. The fraction of sp³-hybridized carbons (Fsp3) is 0.304. The number of nitrogens with one attached hydrogen (secondary N) is 2. The Morgan fingerprint density at radius 3 is 1.24 bits per heavy atom. The molecule has 0 aromatic heterocycles. The molecule has 0 heterocycles. The summed E-state index contributed by atoms with van der Waals surface area (Å²) in [6, 6.07) is 14.3. The largest absolute Gasteiger partial charge is 0.325 e. The molecule has 2 rings (SSSR count). The lowest BCUT2D eigenvalue weighted by Crippen LogP contribution is -2.36. The maximum Gasteiger partial charge on any atom is 0.234 e. The standard InChI is InChI=1S/C23H26N2O4/c1-14-5-9-18(10-6-14)24-22(28)20(16(3)26)13-21(17(4)27)23(29)25-19-11-7-15(2)8-12-19/h5-12,20-21H,13H2,1-4H3,(H,24,28)(H,25,29)/t20-,21-/m0/s1. The molecule has 0 bridgehead atoms. The van der Waals surface area contributed by atoms with Gasteiger partial charge in [-0.05, 0) is 58.4 Å². The molecule has 0 aliphatic carbocycles. The van der Waals surface area contributed by atoms with Crippen LogP contribution in [0.2, 0.25) is 0 Å². The number of anilines is 2. The van der Waals surface area contributed by atoms with Gasteiger partial charge in [-0.15, -0.1) is 0 Å². The lowest BCUT2D eigenvalue weighted by molar-refractivity contribution is -0.133. The van der Waals surface area contributed by atoms with Crippen molar-refractivity contribution in [3.63, 3.8) is 0 Å². The second-order valence-electron chi connectivity index (χ2n) is 7.27. The van der Waals surface area contributed by atoms with E-state index in [-0.39, 0.29) is 6.42 Å². The number of amides is 2. The minimum atomic E-state index is -1.10. The maximum atomic E-state index is 12.6. The lowest BCUT2D eigenvalue weighted by atomic mass is 9.88. The van der Waals surface area contributed by atoms with Crippen LogP contribution in [0.15, 0.2) is 48.5 Å². The van der Waals surface area contributed by atoms with Crippen molar-refractivity contribution in [1.29, 1.82) is 0 Å². The van der Waals surface area contributed by atoms with Crippen molar-refractivity contribution >= 4 is 34.8 Å². The van der Waals surface area contributed by atoms with Crippen LogP contribution in [0.4, 0.5) is 11.4 Å². The van der Waals surface area contributed by atoms with Crippen LogP contribution in [0.1, 0.15) is 31.4 Å². The Morgan fingerprint density at radius 2 is 0.966 bits per heavy atom. The van der Waals surface area contributed by atoms with Crippen LogP contribution in [-0.4, -0.2) is 23.4 Å². The van der Waals surface area contributed by atoms with E-state index in [4.69, 9.17) is 0 Å². The molecule has 2 atom stereocenters. The van der Waals surface area contributed by atoms with E-state index in [2.05, 4.69) is 10.6 Å². The number of hydrogen-bond donors (Lipinski definition) is 2. The summed E-state index contributed by atoms with van der Waals surface area (Å²) in [6.07, 6.45) is -0.180. The van der Waals surface area contributed by atoms with Gasteiger partial charge in [0.15, 0.2) is 0 Å². The zero-order chi connectivity index (χ0) is 21.6. The molecule has 0 radical (unpaired) electrons. The first-order chi connectivity index (χ1) is 13.7. The van der Waals surface area contributed by atoms with Gasteiger partial charge in [0.25, 0.3) is 0 Å². The second-order valence-corrected chi connectivity index (χ2v) is 7.27. The van der Waals surface area contributed by atoms with E-state index in [1.165, 1.54) is 13.8 Å². The topological polar surface area (TPSA) is 92.3 Å². The van der Waals surface area contributed by atoms with Gasteiger partial charge < -0.3 is 10.6 Å². The summed E-state index contributed by atoms with van der Waals surface area (Å²) in [7, 11) is 0. The van der Waals surface area contributed by atoms with E-state index in [0.717, 1.165) is 11.1 Å². The molecule has 0 aliphatic heterocycles. The minimum absolute atomic E-state index is 0.180. The Labute approximate surface area is 170 Å². The summed E-state index contributed by atoms with van der Waals surface area (Å²) in [6.45, 7) is 6.42. The van der Waals surface area contributed by atoms with Crippen LogP contribution in [-0.2, 0) is 19.2 Å². The SMILES string of the molecule is CC(=O)[C@H](C[C@@H](C(C)=O)C(=O)Nc1ccc(C)cc1)C(=O)Nc1ccc(C)cc1. The Morgan fingerprint density at radius 1 is 0.655 bits per heavy atom. The number of benzene rings is 2. The molecule has 2 aromatic rings. The van der Waals surface area contributed by atoms with E-state index in [0.29, 0.717) is 11.4 Å². The van der Waals surface area contributed by atoms with Crippen molar-refractivity contribution in [3.8, 4) is 0 Å². The summed E-state index contributed by atoms with van der Waals surface area (Å²) in [5.41, 5.74) is 3.18. The molecule has 0 fully saturated rings. The number of hydrogen-bond acceptors (Lipinski definition) is 4. The van der Waals surface area contributed by atoms with Crippen molar-refractivity contribution in [1.82, 2.24) is 0 Å². The lowest BCUT2D eigenvalue weighted by Gasteiger charge is -2.19. The van der Waals surface area contributed by atoms with Gasteiger partial charge in [0.05, 0.1) is 11.8 Å². The van der Waals surface area contributed by atoms with E-state index in [1.807, 2.05) is 38.1 Å². The van der Waals surface area contributed by atoms with Crippen LogP contribution in [0.25, 0.3) is 0 Å². The molecule has 6 nitrogen and oxygen atoms in total. The van der Waals surface area contributed by atoms with Gasteiger partial charge in [0.2, 0.25) is 11.8 Å². The number of rotatable bonds is 8. The van der Waals surface area contributed by atoms with E-state index >= 15 is 0 Å². The average Bonchev–Trinajstić information content (AvgIpc) is 2.65. The molecule has 2 aromatic carbocycles. The number of ketones is 2. The van der Waals surface area contributed by atoms with Crippen LogP contribution < -0.4 is 10.6 Å². The molecule has 0 unspecified atom stereocenters. The Hall–Kier alpha value is -3.28. The highest BCUT2D eigenvalue weighted by atomic mass is 16.2. The number of carbonyl (C=O) groups is 4. The molecule has 152 valence electrons. The smallest absolute Gasteiger partial charge is 0.234 e. The van der Waals surface area contributed by atoms with Crippen molar-refractivity contribution in [2.75, 3.05) is 10.6 Å². The summed E-state index contributed by atoms with van der Waals surface area (Å²) in [4.78, 5) is 49.5. The highest BCUT2D eigenvalue weighted by Crippen LogP contribution is 2.20. The molecular weight excluding hydrogens is 368 g/mol. The molecule has 6 heteroatoms. The fourth-order valence-electron chi connectivity index (χ4n) is 2.88. The zero-order valence-electron chi connectivity index (χ0n) is 17.1. The predicted octanol–water partition coefficient (Wildman–Crippen LogP) is 3.68. The minimum Gasteiger partial charge on any atom is -0.325 e. The van der Waals surface area contributed by atoms with Crippen LogP contribution in [0.3, 0.4) is 0 Å². The summed E-state index contributed by atoms with van der Waals surface area (Å²) in [5, 5.41) is 5.37. The van der Waals surface area contributed by atoms with Gasteiger partial charge in [-0.25, -0.2) is 0 Å². The molecule has 0 saturated heterocycles. The third kappa shape index (κ3) is 6.38. The van der Waals surface area contributed by atoms with Gasteiger partial charge in [0, 0.05) is 11.4 Å². The summed E-state index contributed by atoms with van der Waals surface area (Å²) >= 11 is 0. The van der Waals surface area contributed by atoms with Crippen LogP contribution in [0, 0.1) is 25.7 Å². The monoisotopic (exact) mass is 394 g/mol. The summed E-state index contributed by atoms with van der Waals surface area (Å²) in [5.74, 6) is -4.07. The van der Waals surface area contributed by atoms with Crippen LogP contribution >= 0.6 is 0 Å². The maximum absolute atomic E-state index is 12.6. The van der Waals surface area contributed by atoms with Gasteiger partial charge >= 0.3 is 0 Å². The molecular formula is C23H26N2O4. The highest BCUT2D eigenvalue weighted by Gasteiger charge is 2.33. The predicted molar refractivity (Wildman–Crippen MR) is 113 cm³/mol. The highest BCUT2D eigenvalue weighted by molar-refractivity contribution is 6.10. The molecule has 2 amide bonds. The fourth-order valence-corrected chi connectivity index (χ4v) is 2.88. The third-order valence-electron chi connectivity index (χ3n) is 4.72. The Balaban J connectivity index is 2.13. The quantitative estimate of drug-likeness (QED) is 0.668. The molecule has 2 N–H and O–H groups in total. The first-order valence-corrected chi connectivity index (χ1v) is 9.43. The van der Waals surface area contributed by atoms with Crippen molar-refractivity contribution in [2.24, 2.45) is 11.8 Å². The number of carbonyl (C=O) groups excluding carboxylic acids is 4. The van der Waals surface area contributed by atoms with E-state index < -0.39 is 35.2 Å². The second kappa shape index (κ2) is 9.78. The van der Waals surface area contributed by atoms with Crippen molar-refractivity contribution in [3.05, 3.63) is 59.7 Å². The molecule has 0 spiro atoms.